The minimum atomic E-state index is 0. The fourth-order valence-corrected chi connectivity index (χ4v) is 1.75. The third-order valence-corrected chi connectivity index (χ3v) is 2.95. The molecule has 0 saturated heterocycles. The van der Waals surface area contributed by atoms with Crippen LogP contribution in [0.2, 0.25) is 0 Å². The lowest BCUT2D eigenvalue weighted by Crippen LogP contribution is -1.90. The maximum Gasteiger partial charge on any atom is -0.0181 e. The second kappa shape index (κ2) is 6.32. The zero-order valence-electron chi connectivity index (χ0n) is 8.83. The predicted molar refractivity (Wildman–Crippen MR) is 76.1 cm³/mol. The molecule has 1 atom stereocenters. The zero-order chi connectivity index (χ0) is 9.97. The molecule has 0 saturated carbocycles. The Bertz CT molecular complexity index is 429. The van der Waals surface area contributed by atoms with Gasteiger partial charge >= 0.3 is 0 Å². The minimum absolute atomic E-state index is 0. The molecule has 1 unspecified atom stereocenters. The molecule has 0 amide bonds. The predicted octanol–water partition coefficient (Wildman–Crippen LogP) is 5.63. The van der Waals surface area contributed by atoms with E-state index >= 15 is 0 Å². The molecule has 16 heavy (non-hydrogen) atoms. The maximum atomic E-state index is 2.31. The summed E-state index contributed by atoms with van der Waals surface area (Å²) < 4.78 is 0. The number of hydrogen-bond acceptors (Lipinski definition) is 0. The van der Waals surface area contributed by atoms with Gasteiger partial charge in [0, 0.05) is 0 Å². The molecule has 0 N–H and O–H groups in total. The van der Waals surface area contributed by atoms with Crippen LogP contribution in [-0.2, 0) is 0 Å². The monoisotopic (exact) mass is 216 g/mol. The summed E-state index contributed by atoms with van der Waals surface area (Å²) in [5, 5.41) is 2.69. The summed E-state index contributed by atoms with van der Waals surface area (Å²) in [6, 6.07) is 15.3. The Labute approximate surface area is 100 Å². The van der Waals surface area contributed by atoms with Crippen LogP contribution in [0.4, 0.5) is 0 Å². The molecule has 0 heterocycles. The van der Waals surface area contributed by atoms with Gasteiger partial charge in [-0.2, -0.15) is 0 Å². The molecule has 2 rings (SSSR count). The van der Waals surface area contributed by atoms with Crippen molar-refractivity contribution in [3.05, 3.63) is 48.0 Å². The van der Waals surface area contributed by atoms with Gasteiger partial charge in [0.2, 0.25) is 0 Å². The van der Waals surface area contributed by atoms with Crippen LogP contribution in [-0.4, -0.2) is 0 Å². The van der Waals surface area contributed by atoms with Crippen molar-refractivity contribution in [3.63, 3.8) is 0 Å². The summed E-state index contributed by atoms with van der Waals surface area (Å²) >= 11 is 0. The van der Waals surface area contributed by atoms with Crippen LogP contribution in [0.15, 0.2) is 42.5 Å². The van der Waals surface area contributed by atoms with E-state index in [2.05, 4.69) is 56.3 Å². The summed E-state index contributed by atoms with van der Waals surface area (Å²) in [5.74, 6) is 0.666. The first-order chi connectivity index (χ1) is 6.81. The van der Waals surface area contributed by atoms with Crippen molar-refractivity contribution in [3.8, 4) is 0 Å². The molecular weight excluding hydrogens is 192 g/mol. The summed E-state index contributed by atoms with van der Waals surface area (Å²) in [6.45, 7) is 4.52. The average molecular weight is 216 g/mol. The smallest absolute Gasteiger partial charge is 0.0181 e. The highest BCUT2D eigenvalue weighted by molar-refractivity contribution is 5.83. The highest BCUT2D eigenvalue weighted by Crippen LogP contribution is 2.23. The van der Waals surface area contributed by atoms with Crippen molar-refractivity contribution in [2.45, 2.75) is 41.0 Å². The molecule has 0 aliphatic rings. The van der Waals surface area contributed by atoms with E-state index < -0.39 is 0 Å². The molecule has 0 radical (unpaired) electrons. The fraction of sp³-hybridized carbons (Fsp3) is 0.375. The van der Waals surface area contributed by atoms with Crippen molar-refractivity contribution in [2.75, 3.05) is 0 Å². The molecule has 0 aromatic heterocycles. The Balaban J connectivity index is 0.00000112. The lowest BCUT2D eigenvalue weighted by molar-refractivity contribution is 0.735. The second-order valence-electron chi connectivity index (χ2n) is 3.92. The zero-order valence-corrected chi connectivity index (χ0v) is 8.83. The van der Waals surface area contributed by atoms with E-state index in [1.54, 1.807) is 0 Å². The van der Waals surface area contributed by atoms with Gasteiger partial charge in [-0.1, -0.05) is 71.2 Å². The van der Waals surface area contributed by atoms with Gasteiger partial charge in [0.15, 0.2) is 0 Å². The van der Waals surface area contributed by atoms with Crippen LogP contribution in [0.5, 0.6) is 0 Å². The van der Waals surface area contributed by atoms with Gasteiger partial charge in [0.1, 0.15) is 0 Å². The molecule has 0 heteroatoms. The first-order valence-electron chi connectivity index (χ1n) is 5.30. The third-order valence-electron chi connectivity index (χ3n) is 2.95. The Morgan fingerprint density at radius 3 is 2.19 bits per heavy atom. The van der Waals surface area contributed by atoms with E-state index in [1.165, 1.54) is 22.8 Å². The topological polar surface area (TPSA) is 0 Å². The van der Waals surface area contributed by atoms with Crippen LogP contribution in [0, 0.1) is 0 Å². The van der Waals surface area contributed by atoms with E-state index in [-0.39, 0.29) is 14.9 Å². The summed E-state index contributed by atoms with van der Waals surface area (Å²) in [4.78, 5) is 0. The first kappa shape index (κ1) is 14.7. The Morgan fingerprint density at radius 1 is 0.938 bits per heavy atom. The summed E-state index contributed by atoms with van der Waals surface area (Å²) in [7, 11) is 0. The number of benzene rings is 2. The molecule has 88 valence electrons. The standard InChI is InChI=1S/C14H16.2CH4/c1-3-11(2)13-9-8-12-6-4-5-7-14(12)10-13;;/h4-11H,3H2,1-2H3;2*1H4. The van der Waals surface area contributed by atoms with Gasteiger partial charge in [0.25, 0.3) is 0 Å². The molecule has 0 aliphatic carbocycles. The molecule has 0 spiro atoms. The van der Waals surface area contributed by atoms with Crippen molar-refractivity contribution < 1.29 is 0 Å². The molecule has 2 aromatic carbocycles. The largest absolute Gasteiger partial charge is 0.0776 e. The lowest BCUT2D eigenvalue weighted by atomic mass is 9.96. The highest BCUT2D eigenvalue weighted by atomic mass is 14.1. The molecule has 2 aromatic rings. The fourth-order valence-electron chi connectivity index (χ4n) is 1.75. The van der Waals surface area contributed by atoms with E-state index in [4.69, 9.17) is 0 Å². The van der Waals surface area contributed by atoms with Gasteiger partial charge in [-0.25, -0.2) is 0 Å². The van der Waals surface area contributed by atoms with Crippen LogP contribution in [0.3, 0.4) is 0 Å². The molecular formula is C16H24. The van der Waals surface area contributed by atoms with E-state index in [0.717, 1.165) is 0 Å². The highest BCUT2D eigenvalue weighted by Gasteiger charge is 2.02. The maximum absolute atomic E-state index is 2.31. The van der Waals surface area contributed by atoms with Gasteiger partial charge < -0.3 is 0 Å². The SMILES string of the molecule is C.C.CCC(C)c1ccc2ccccc2c1. The number of rotatable bonds is 2. The number of hydrogen-bond donors (Lipinski definition) is 0. The molecule has 0 bridgehead atoms. The van der Waals surface area contributed by atoms with Crippen molar-refractivity contribution in [1.82, 2.24) is 0 Å². The van der Waals surface area contributed by atoms with Gasteiger partial charge in [-0.3, -0.25) is 0 Å². The Kier molecular flexibility index (Phi) is 5.81. The minimum Gasteiger partial charge on any atom is -0.0776 e. The molecule has 0 fully saturated rings. The van der Waals surface area contributed by atoms with Gasteiger partial charge in [0.05, 0.1) is 0 Å². The Morgan fingerprint density at radius 2 is 1.56 bits per heavy atom. The van der Waals surface area contributed by atoms with Crippen LogP contribution < -0.4 is 0 Å². The van der Waals surface area contributed by atoms with Gasteiger partial charge in [-0.15, -0.1) is 0 Å². The Hall–Kier alpha value is -1.30. The first-order valence-corrected chi connectivity index (χ1v) is 5.30. The van der Waals surface area contributed by atoms with Crippen LogP contribution >= 0.6 is 0 Å². The quantitative estimate of drug-likeness (QED) is 0.610. The average Bonchev–Trinajstić information content (AvgIpc) is 2.27. The van der Waals surface area contributed by atoms with E-state index in [0.29, 0.717) is 5.92 Å². The number of fused-ring (bicyclic) bond motifs is 1. The summed E-state index contributed by atoms with van der Waals surface area (Å²) in [5.41, 5.74) is 1.45. The third kappa shape index (κ3) is 2.85. The van der Waals surface area contributed by atoms with Crippen molar-refractivity contribution in [1.29, 1.82) is 0 Å². The van der Waals surface area contributed by atoms with Crippen molar-refractivity contribution in [2.24, 2.45) is 0 Å². The van der Waals surface area contributed by atoms with Crippen molar-refractivity contribution >= 4 is 10.8 Å². The normalized spacial score (nSPS) is 11.4. The van der Waals surface area contributed by atoms with Crippen LogP contribution in [0.25, 0.3) is 10.8 Å². The van der Waals surface area contributed by atoms with Gasteiger partial charge in [-0.05, 0) is 28.7 Å². The van der Waals surface area contributed by atoms with E-state index in [9.17, 15) is 0 Å². The molecule has 0 nitrogen and oxygen atoms in total. The lowest BCUT2D eigenvalue weighted by Gasteiger charge is -2.09. The van der Waals surface area contributed by atoms with Crippen LogP contribution in [0.1, 0.15) is 46.6 Å². The second-order valence-corrected chi connectivity index (χ2v) is 3.92. The molecule has 0 aliphatic heterocycles. The van der Waals surface area contributed by atoms with E-state index in [1.807, 2.05) is 0 Å². The summed E-state index contributed by atoms with van der Waals surface area (Å²) in [6.07, 6.45) is 1.21.